The second-order valence-corrected chi connectivity index (χ2v) is 8.86. The Morgan fingerprint density at radius 3 is 2.60 bits per heavy atom. The number of carboxylic acids is 1. The van der Waals surface area contributed by atoms with Crippen LogP contribution in [0.3, 0.4) is 0 Å². The van der Waals surface area contributed by atoms with Crippen LogP contribution < -0.4 is 4.31 Å². The van der Waals surface area contributed by atoms with E-state index in [1.165, 1.54) is 6.08 Å². The number of benzene rings is 1. The van der Waals surface area contributed by atoms with E-state index in [9.17, 15) is 27.2 Å². The number of halogens is 2. The molecule has 0 spiro atoms. The smallest absolute Gasteiger partial charge is 0.335 e. The standard InChI is InChI=1S/C19H21ClFNO7S/c1-2-29-19(26)13-5-3-4-6-16(13)30(27,28)22(17(23)9-10-18(24)25)15-8-7-12(21)11-14(15)20/h5,7-8,11,16H,2-4,6,9-10H2,1H3,(H,24,25). The highest BCUT2D eigenvalue weighted by Gasteiger charge is 2.42. The van der Waals surface area contributed by atoms with E-state index in [-0.39, 0.29) is 29.3 Å². The Morgan fingerprint density at radius 2 is 2.00 bits per heavy atom. The van der Waals surface area contributed by atoms with Crippen molar-refractivity contribution < 1.29 is 37.0 Å². The lowest BCUT2D eigenvalue weighted by Gasteiger charge is -2.30. The molecule has 0 heterocycles. The van der Waals surface area contributed by atoms with E-state index < -0.39 is 51.8 Å². The van der Waals surface area contributed by atoms with Crippen molar-refractivity contribution in [1.82, 2.24) is 0 Å². The molecule has 1 aliphatic carbocycles. The van der Waals surface area contributed by atoms with E-state index in [4.69, 9.17) is 21.4 Å². The number of carboxylic acid groups (broad SMARTS) is 1. The van der Waals surface area contributed by atoms with E-state index in [0.29, 0.717) is 17.1 Å². The van der Waals surface area contributed by atoms with Crippen molar-refractivity contribution in [3.05, 3.63) is 40.7 Å². The van der Waals surface area contributed by atoms with Gasteiger partial charge >= 0.3 is 11.9 Å². The fourth-order valence-electron chi connectivity index (χ4n) is 3.09. The van der Waals surface area contributed by atoms with E-state index in [1.807, 2.05) is 0 Å². The van der Waals surface area contributed by atoms with Crippen LogP contribution in [0.1, 0.15) is 39.0 Å². The van der Waals surface area contributed by atoms with Gasteiger partial charge < -0.3 is 9.84 Å². The Bertz CT molecular complexity index is 977. The first-order chi connectivity index (χ1) is 14.1. The fourth-order valence-corrected chi connectivity index (χ4v) is 5.43. The minimum absolute atomic E-state index is 0.0357. The fraction of sp³-hybridized carbons (Fsp3) is 0.421. The highest BCUT2D eigenvalue weighted by atomic mass is 35.5. The summed E-state index contributed by atoms with van der Waals surface area (Å²) in [7, 11) is -4.56. The van der Waals surface area contributed by atoms with Gasteiger partial charge in [-0.05, 0) is 44.4 Å². The number of aliphatic carboxylic acids is 1. The molecule has 0 fully saturated rings. The first-order valence-electron chi connectivity index (χ1n) is 9.20. The summed E-state index contributed by atoms with van der Waals surface area (Å²) in [5.41, 5.74) is -0.417. The number of ether oxygens (including phenoxy) is 1. The van der Waals surface area contributed by atoms with Gasteiger partial charge in [-0.3, -0.25) is 9.59 Å². The van der Waals surface area contributed by atoms with Crippen LogP contribution in [0.5, 0.6) is 0 Å². The van der Waals surface area contributed by atoms with Gasteiger partial charge in [0.15, 0.2) is 0 Å². The molecule has 30 heavy (non-hydrogen) atoms. The van der Waals surface area contributed by atoms with Crippen LogP contribution in [-0.2, 0) is 29.1 Å². The molecule has 1 aromatic carbocycles. The van der Waals surface area contributed by atoms with Crippen molar-refractivity contribution in [2.24, 2.45) is 0 Å². The molecule has 1 amide bonds. The molecule has 0 saturated carbocycles. The summed E-state index contributed by atoms with van der Waals surface area (Å²) < 4.78 is 45.8. The van der Waals surface area contributed by atoms with Crippen molar-refractivity contribution in [3.8, 4) is 0 Å². The Kier molecular flexibility index (Phi) is 7.96. The first kappa shape index (κ1) is 23.8. The number of anilines is 1. The number of allylic oxidation sites excluding steroid dienone is 1. The molecule has 164 valence electrons. The van der Waals surface area contributed by atoms with E-state index in [0.717, 1.165) is 18.2 Å². The number of carbonyl (C=O) groups is 3. The number of sulfonamides is 1. The van der Waals surface area contributed by atoms with Crippen molar-refractivity contribution in [2.75, 3.05) is 10.9 Å². The van der Waals surface area contributed by atoms with Gasteiger partial charge in [-0.1, -0.05) is 17.7 Å². The Balaban J connectivity index is 2.56. The van der Waals surface area contributed by atoms with E-state index in [1.54, 1.807) is 6.92 Å². The normalized spacial score (nSPS) is 16.5. The van der Waals surface area contributed by atoms with Crippen LogP contribution in [0.4, 0.5) is 10.1 Å². The van der Waals surface area contributed by atoms with Crippen LogP contribution in [0.15, 0.2) is 29.8 Å². The van der Waals surface area contributed by atoms with Crippen molar-refractivity contribution in [3.63, 3.8) is 0 Å². The van der Waals surface area contributed by atoms with Gasteiger partial charge in [-0.25, -0.2) is 21.9 Å². The lowest BCUT2D eigenvalue weighted by molar-refractivity contribution is -0.139. The summed E-state index contributed by atoms with van der Waals surface area (Å²) in [5, 5.41) is 7.13. The van der Waals surface area contributed by atoms with Crippen LogP contribution in [0.25, 0.3) is 0 Å². The Hall–Kier alpha value is -2.46. The van der Waals surface area contributed by atoms with Gasteiger partial charge in [0.1, 0.15) is 11.1 Å². The summed E-state index contributed by atoms with van der Waals surface area (Å²) in [6, 6.07) is 2.79. The van der Waals surface area contributed by atoms with E-state index in [2.05, 4.69) is 0 Å². The average Bonchev–Trinajstić information content (AvgIpc) is 2.68. The predicted octanol–water partition coefficient (Wildman–Crippen LogP) is 3.05. The molecule has 2 rings (SSSR count). The molecular formula is C19H21ClFNO7S. The maximum Gasteiger partial charge on any atom is 0.335 e. The topological polar surface area (TPSA) is 118 Å². The van der Waals surface area contributed by atoms with Gasteiger partial charge in [-0.2, -0.15) is 0 Å². The molecule has 0 bridgehead atoms. The first-order valence-corrected chi connectivity index (χ1v) is 11.1. The molecule has 0 saturated heterocycles. The zero-order valence-corrected chi connectivity index (χ0v) is 17.7. The number of carbonyl (C=O) groups excluding carboxylic acids is 2. The average molecular weight is 462 g/mol. The molecule has 1 aromatic rings. The highest BCUT2D eigenvalue weighted by molar-refractivity contribution is 7.94. The third-order valence-electron chi connectivity index (χ3n) is 4.41. The number of rotatable bonds is 8. The maximum absolute atomic E-state index is 13.5. The summed E-state index contributed by atoms with van der Waals surface area (Å²) >= 11 is 6.00. The second kappa shape index (κ2) is 10.0. The summed E-state index contributed by atoms with van der Waals surface area (Å²) in [5.74, 6) is -3.91. The zero-order valence-electron chi connectivity index (χ0n) is 16.1. The lowest BCUT2D eigenvalue weighted by atomic mass is 9.99. The second-order valence-electron chi connectivity index (χ2n) is 6.49. The van der Waals surface area contributed by atoms with Crippen LogP contribution >= 0.6 is 11.6 Å². The van der Waals surface area contributed by atoms with Gasteiger partial charge in [0.25, 0.3) is 0 Å². The molecule has 0 aliphatic heterocycles. The predicted molar refractivity (Wildman–Crippen MR) is 107 cm³/mol. The monoisotopic (exact) mass is 461 g/mol. The molecule has 8 nitrogen and oxygen atoms in total. The Labute approximate surface area is 178 Å². The molecule has 11 heteroatoms. The Morgan fingerprint density at radius 1 is 1.30 bits per heavy atom. The molecule has 0 radical (unpaired) electrons. The quantitative estimate of drug-likeness (QED) is 0.591. The summed E-state index contributed by atoms with van der Waals surface area (Å²) in [6.45, 7) is 1.61. The lowest BCUT2D eigenvalue weighted by Crippen LogP contribution is -2.45. The minimum Gasteiger partial charge on any atom is -0.481 e. The van der Waals surface area contributed by atoms with Crippen molar-refractivity contribution in [1.29, 1.82) is 0 Å². The zero-order chi connectivity index (χ0) is 22.5. The highest BCUT2D eigenvalue weighted by Crippen LogP contribution is 2.35. The third-order valence-corrected chi connectivity index (χ3v) is 6.84. The molecule has 1 atom stereocenters. The number of hydrogen-bond donors (Lipinski definition) is 1. The van der Waals surface area contributed by atoms with E-state index >= 15 is 0 Å². The maximum atomic E-state index is 13.5. The van der Waals surface area contributed by atoms with Gasteiger partial charge in [-0.15, -0.1) is 0 Å². The minimum atomic E-state index is -4.56. The van der Waals surface area contributed by atoms with Gasteiger partial charge in [0.2, 0.25) is 15.9 Å². The molecule has 1 N–H and O–H groups in total. The summed E-state index contributed by atoms with van der Waals surface area (Å²) in [6.07, 6.45) is 1.16. The summed E-state index contributed by atoms with van der Waals surface area (Å²) in [4.78, 5) is 35.9. The molecule has 1 unspecified atom stereocenters. The van der Waals surface area contributed by atoms with Gasteiger partial charge in [0, 0.05) is 6.42 Å². The third kappa shape index (κ3) is 5.37. The van der Waals surface area contributed by atoms with Crippen molar-refractivity contribution in [2.45, 2.75) is 44.3 Å². The number of amides is 1. The molecule has 1 aliphatic rings. The van der Waals surface area contributed by atoms with Crippen LogP contribution in [-0.4, -0.2) is 43.2 Å². The molecule has 0 aromatic heterocycles. The largest absolute Gasteiger partial charge is 0.481 e. The number of esters is 1. The van der Waals surface area contributed by atoms with Crippen LogP contribution in [0.2, 0.25) is 5.02 Å². The SMILES string of the molecule is CCOC(=O)C1=CCCCC1S(=O)(=O)N(C(=O)CCC(=O)O)c1ccc(F)cc1Cl. The molecular weight excluding hydrogens is 441 g/mol. The van der Waals surface area contributed by atoms with Crippen molar-refractivity contribution >= 4 is 45.2 Å². The number of nitrogens with zero attached hydrogens (tertiary/aromatic N) is 1. The number of hydrogen-bond acceptors (Lipinski definition) is 6. The van der Waals surface area contributed by atoms with Crippen LogP contribution in [0, 0.1) is 5.82 Å². The van der Waals surface area contributed by atoms with Gasteiger partial charge in [0.05, 0.1) is 29.3 Å².